The Labute approximate surface area is 325 Å². The lowest BCUT2D eigenvalue weighted by atomic mass is 9.97. The largest absolute Gasteiger partial charge is 0.455 e. The second kappa shape index (κ2) is 13.2. The highest BCUT2D eigenvalue weighted by Gasteiger charge is 2.21. The van der Waals surface area contributed by atoms with Gasteiger partial charge in [-0.15, -0.1) is 11.3 Å². The predicted octanol–water partition coefficient (Wildman–Crippen LogP) is 12.9. The molecule has 0 saturated heterocycles. The normalized spacial score (nSPS) is 11.6. The number of para-hydroxylation sites is 1. The Morgan fingerprint density at radius 1 is 0.375 bits per heavy atom. The highest BCUT2D eigenvalue weighted by molar-refractivity contribution is 7.26. The molecule has 0 spiro atoms. The number of nitrogens with zero attached hydrogens (tertiary/aromatic N) is 5. The van der Waals surface area contributed by atoms with Crippen LogP contribution in [0.4, 0.5) is 0 Å². The van der Waals surface area contributed by atoms with Crippen molar-refractivity contribution in [2.45, 2.75) is 0 Å². The Kier molecular flexibility index (Phi) is 7.57. The van der Waals surface area contributed by atoms with E-state index in [2.05, 4.69) is 84.9 Å². The lowest BCUT2D eigenvalue weighted by molar-refractivity contribution is 0.669. The zero-order valence-electron chi connectivity index (χ0n) is 29.8. The molecule has 11 rings (SSSR count). The van der Waals surface area contributed by atoms with E-state index < -0.39 is 0 Å². The topological polar surface area (TPSA) is 77.6 Å². The molecule has 4 aromatic heterocycles. The number of fused-ring (bicyclic) bond motifs is 6. The Morgan fingerprint density at radius 3 is 1.59 bits per heavy atom. The average molecular weight is 736 g/mol. The highest BCUT2D eigenvalue weighted by Crippen LogP contribution is 2.42. The first-order chi connectivity index (χ1) is 27.7. The molecule has 0 fully saturated rings. The number of benzene rings is 7. The Morgan fingerprint density at radius 2 is 0.911 bits per heavy atom. The first kappa shape index (κ1) is 32.1. The molecule has 0 atom stereocenters. The van der Waals surface area contributed by atoms with Gasteiger partial charge in [-0.2, -0.15) is 0 Å². The van der Waals surface area contributed by atoms with Gasteiger partial charge >= 0.3 is 0 Å². The van der Waals surface area contributed by atoms with Gasteiger partial charge in [0.2, 0.25) is 0 Å². The number of furan rings is 1. The standard InChI is InChI=1S/C49H29N5OS/c1-4-14-32(15-5-1)46-50-42(45-43(51-46)36-20-10-11-25-40(36)56-45)31-28-26-30(27-29-31)35-21-13-24-39-41(35)37-22-12-23-38(44(37)55-39)49-53-47(33-16-6-2-7-17-33)52-48(54-49)34-18-8-3-9-19-34/h1-29H. The minimum atomic E-state index is 0.556. The third kappa shape index (κ3) is 5.44. The summed E-state index contributed by atoms with van der Waals surface area (Å²) in [4.78, 5) is 25.2. The molecule has 6 nitrogen and oxygen atoms in total. The number of aromatic nitrogens is 5. The number of thiophene rings is 1. The lowest BCUT2D eigenvalue weighted by Gasteiger charge is -2.09. The maximum Gasteiger partial charge on any atom is 0.167 e. The van der Waals surface area contributed by atoms with Crippen LogP contribution in [0.2, 0.25) is 0 Å². The van der Waals surface area contributed by atoms with Crippen molar-refractivity contribution in [1.82, 2.24) is 24.9 Å². The van der Waals surface area contributed by atoms with E-state index in [1.54, 1.807) is 11.3 Å². The first-order valence-electron chi connectivity index (χ1n) is 18.4. The van der Waals surface area contributed by atoms with E-state index in [1.165, 1.54) is 4.70 Å². The molecule has 7 aromatic carbocycles. The van der Waals surface area contributed by atoms with Crippen LogP contribution in [-0.2, 0) is 0 Å². The number of hydrogen-bond donors (Lipinski definition) is 0. The summed E-state index contributed by atoms with van der Waals surface area (Å²) in [5, 5.41) is 3.18. The van der Waals surface area contributed by atoms with Crippen molar-refractivity contribution in [1.29, 1.82) is 0 Å². The van der Waals surface area contributed by atoms with Gasteiger partial charge in [0.15, 0.2) is 23.3 Å². The van der Waals surface area contributed by atoms with Crippen molar-refractivity contribution in [2.75, 3.05) is 0 Å². The van der Waals surface area contributed by atoms with E-state index in [0.29, 0.717) is 17.5 Å². The number of hydrogen-bond acceptors (Lipinski definition) is 7. The maximum absolute atomic E-state index is 6.70. The second-order valence-corrected chi connectivity index (χ2v) is 14.7. The predicted molar refractivity (Wildman–Crippen MR) is 228 cm³/mol. The van der Waals surface area contributed by atoms with Crippen LogP contribution in [0, 0.1) is 0 Å². The quantitative estimate of drug-likeness (QED) is 0.169. The minimum absolute atomic E-state index is 0.556. The maximum atomic E-state index is 6.70. The molecule has 7 heteroatoms. The first-order valence-corrected chi connectivity index (χ1v) is 19.2. The van der Waals surface area contributed by atoms with Gasteiger partial charge in [-0.05, 0) is 29.3 Å². The summed E-state index contributed by atoms with van der Waals surface area (Å²) < 4.78 is 8.98. The van der Waals surface area contributed by atoms with E-state index in [1.807, 2.05) is 91.0 Å². The summed E-state index contributed by atoms with van der Waals surface area (Å²) in [6, 6.07) is 59.8. The van der Waals surface area contributed by atoms with Gasteiger partial charge in [0.1, 0.15) is 11.2 Å². The van der Waals surface area contributed by atoms with Crippen molar-refractivity contribution < 1.29 is 4.42 Å². The zero-order valence-corrected chi connectivity index (χ0v) is 30.6. The third-order valence-corrected chi connectivity index (χ3v) is 11.4. The Bertz CT molecular complexity index is 3180. The second-order valence-electron chi connectivity index (χ2n) is 13.6. The van der Waals surface area contributed by atoms with E-state index in [4.69, 9.17) is 29.3 Å². The molecule has 0 aliphatic carbocycles. The molecule has 0 saturated carbocycles. The molecule has 262 valence electrons. The van der Waals surface area contributed by atoms with Crippen LogP contribution in [0.15, 0.2) is 180 Å². The van der Waals surface area contributed by atoms with Gasteiger partial charge in [0.05, 0.1) is 21.5 Å². The molecule has 0 amide bonds. The smallest absolute Gasteiger partial charge is 0.167 e. The molecular formula is C49H29N5OS. The van der Waals surface area contributed by atoms with E-state index >= 15 is 0 Å². The van der Waals surface area contributed by atoms with Gasteiger partial charge in [-0.1, -0.05) is 158 Å². The summed E-state index contributed by atoms with van der Waals surface area (Å²) in [7, 11) is 0. The number of rotatable bonds is 6. The fraction of sp³-hybridized carbons (Fsp3) is 0. The molecule has 0 aliphatic rings. The molecule has 11 aromatic rings. The molecule has 56 heavy (non-hydrogen) atoms. The van der Waals surface area contributed by atoms with Crippen molar-refractivity contribution in [3.8, 4) is 67.9 Å². The molecule has 0 radical (unpaired) electrons. The van der Waals surface area contributed by atoms with Crippen LogP contribution >= 0.6 is 11.3 Å². The SMILES string of the molecule is c1ccc(-c2nc(-c3ccccc3)nc(-c3cccc4c3oc3cccc(-c5ccc(-c6nc(-c7ccccc7)nc7c6sc6ccccc67)cc5)c34)n2)cc1. The van der Waals surface area contributed by atoms with Crippen LogP contribution in [0.1, 0.15) is 0 Å². The van der Waals surface area contributed by atoms with Gasteiger partial charge in [-0.3, -0.25) is 0 Å². The van der Waals surface area contributed by atoms with Gasteiger partial charge in [-0.25, -0.2) is 24.9 Å². The van der Waals surface area contributed by atoms with Crippen LogP contribution < -0.4 is 0 Å². The minimum Gasteiger partial charge on any atom is -0.455 e. The van der Waals surface area contributed by atoms with Crippen LogP contribution in [0.5, 0.6) is 0 Å². The van der Waals surface area contributed by atoms with E-state index in [0.717, 1.165) is 88.0 Å². The van der Waals surface area contributed by atoms with Crippen molar-refractivity contribution in [3.05, 3.63) is 176 Å². The highest BCUT2D eigenvalue weighted by atomic mass is 32.1. The van der Waals surface area contributed by atoms with E-state index in [-0.39, 0.29) is 0 Å². The fourth-order valence-electron chi connectivity index (χ4n) is 7.50. The molecule has 4 heterocycles. The zero-order chi connectivity index (χ0) is 37.0. The van der Waals surface area contributed by atoms with Crippen LogP contribution in [-0.4, -0.2) is 24.9 Å². The molecule has 0 N–H and O–H groups in total. The summed E-state index contributed by atoms with van der Waals surface area (Å²) in [6.07, 6.45) is 0. The molecular weight excluding hydrogens is 707 g/mol. The van der Waals surface area contributed by atoms with Gasteiger partial charge < -0.3 is 4.42 Å². The van der Waals surface area contributed by atoms with E-state index in [9.17, 15) is 0 Å². The van der Waals surface area contributed by atoms with Crippen molar-refractivity contribution in [3.63, 3.8) is 0 Å². The Balaban J connectivity index is 1.04. The molecule has 0 unspecified atom stereocenters. The summed E-state index contributed by atoms with van der Waals surface area (Å²) >= 11 is 1.74. The average Bonchev–Trinajstić information content (AvgIpc) is 3.86. The summed E-state index contributed by atoms with van der Waals surface area (Å²) in [6.45, 7) is 0. The van der Waals surface area contributed by atoms with Crippen molar-refractivity contribution >= 4 is 53.6 Å². The van der Waals surface area contributed by atoms with Gasteiger partial charge in [0.25, 0.3) is 0 Å². The summed E-state index contributed by atoms with van der Waals surface area (Å²) in [5.41, 5.74) is 10.3. The monoisotopic (exact) mass is 735 g/mol. The lowest BCUT2D eigenvalue weighted by Crippen LogP contribution is -2.00. The van der Waals surface area contributed by atoms with Gasteiger partial charge in [0, 0.05) is 43.1 Å². The van der Waals surface area contributed by atoms with Crippen LogP contribution in [0.3, 0.4) is 0 Å². The Hall–Kier alpha value is -7.35. The van der Waals surface area contributed by atoms with Crippen LogP contribution in [0.25, 0.3) is 110 Å². The molecule has 0 bridgehead atoms. The third-order valence-electron chi connectivity index (χ3n) is 10.2. The summed E-state index contributed by atoms with van der Waals surface area (Å²) in [5.74, 6) is 2.49. The fourth-order valence-corrected chi connectivity index (χ4v) is 8.66. The molecule has 0 aliphatic heterocycles. The van der Waals surface area contributed by atoms with Crippen molar-refractivity contribution in [2.24, 2.45) is 0 Å².